The Hall–Kier alpha value is -1.62. The molecule has 0 aromatic heterocycles. The number of likely N-dealkylation sites (tertiary alicyclic amines) is 1. The Morgan fingerprint density at radius 2 is 2.00 bits per heavy atom. The zero-order valence-corrected chi connectivity index (χ0v) is 10.1. The van der Waals surface area contributed by atoms with Gasteiger partial charge in [0.1, 0.15) is 5.82 Å². The standard InChI is InChI=1S/C13H16FN3O/c14-11-3-1-10(2-4-11)5-16-12(18)17-8-13(9-17)6-15-7-13/h1-4,15H,5-9H2,(H,16,18). The van der Waals surface area contributed by atoms with E-state index in [2.05, 4.69) is 10.6 Å². The van der Waals surface area contributed by atoms with E-state index in [1.807, 2.05) is 4.90 Å². The van der Waals surface area contributed by atoms with Gasteiger partial charge >= 0.3 is 6.03 Å². The Morgan fingerprint density at radius 3 is 2.56 bits per heavy atom. The Morgan fingerprint density at radius 1 is 1.33 bits per heavy atom. The molecule has 96 valence electrons. The normalized spacial score (nSPS) is 20.2. The SMILES string of the molecule is O=C(NCc1ccc(F)cc1)N1CC2(CNC2)C1. The minimum absolute atomic E-state index is 0.0307. The van der Waals surface area contributed by atoms with E-state index in [0.29, 0.717) is 12.0 Å². The molecule has 5 heteroatoms. The van der Waals surface area contributed by atoms with Gasteiger partial charge in [-0.3, -0.25) is 0 Å². The van der Waals surface area contributed by atoms with Crippen LogP contribution in [0.5, 0.6) is 0 Å². The fourth-order valence-electron chi connectivity index (χ4n) is 2.50. The molecule has 0 unspecified atom stereocenters. The van der Waals surface area contributed by atoms with Crippen molar-refractivity contribution >= 4 is 6.03 Å². The van der Waals surface area contributed by atoms with E-state index >= 15 is 0 Å². The maximum Gasteiger partial charge on any atom is 0.317 e. The van der Waals surface area contributed by atoms with Crippen LogP contribution in [0.4, 0.5) is 9.18 Å². The minimum atomic E-state index is -0.257. The summed E-state index contributed by atoms with van der Waals surface area (Å²) >= 11 is 0. The van der Waals surface area contributed by atoms with Crippen molar-refractivity contribution < 1.29 is 9.18 Å². The average Bonchev–Trinajstić information content (AvgIpc) is 2.24. The van der Waals surface area contributed by atoms with Crippen molar-refractivity contribution in [1.29, 1.82) is 0 Å². The molecule has 0 saturated carbocycles. The molecular formula is C13H16FN3O. The number of urea groups is 1. The lowest BCUT2D eigenvalue weighted by molar-refractivity contribution is -0.0111. The predicted octanol–water partition coefficient (Wildman–Crippen LogP) is 0.941. The van der Waals surface area contributed by atoms with E-state index in [-0.39, 0.29) is 11.8 Å². The maximum absolute atomic E-state index is 12.7. The molecule has 1 spiro atoms. The molecule has 0 aliphatic carbocycles. The first-order valence-electron chi connectivity index (χ1n) is 6.15. The van der Waals surface area contributed by atoms with Crippen LogP contribution < -0.4 is 10.6 Å². The lowest BCUT2D eigenvalue weighted by Gasteiger charge is -2.55. The fourth-order valence-corrected chi connectivity index (χ4v) is 2.50. The van der Waals surface area contributed by atoms with Crippen molar-refractivity contribution in [3.05, 3.63) is 35.6 Å². The highest BCUT2D eigenvalue weighted by Gasteiger charge is 2.49. The van der Waals surface area contributed by atoms with E-state index in [9.17, 15) is 9.18 Å². The van der Waals surface area contributed by atoms with Gasteiger partial charge in [0, 0.05) is 38.1 Å². The number of amides is 2. The number of nitrogens with one attached hydrogen (secondary N) is 2. The fraction of sp³-hybridized carbons (Fsp3) is 0.462. The number of hydrogen-bond donors (Lipinski definition) is 2. The van der Waals surface area contributed by atoms with Crippen LogP contribution in [0.25, 0.3) is 0 Å². The van der Waals surface area contributed by atoms with Crippen molar-refractivity contribution in [1.82, 2.24) is 15.5 Å². The Labute approximate surface area is 105 Å². The topological polar surface area (TPSA) is 44.4 Å². The summed E-state index contributed by atoms with van der Waals surface area (Å²) in [6, 6.07) is 6.14. The van der Waals surface area contributed by atoms with Gasteiger partial charge in [-0.15, -0.1) is 0 Å². The second kappa shape index (κ2) is 4.24. The molecule has 0 radical (unpaired) electrons. The first kappa shape index (κ1) is 11.5. The Kier molecular flexibility index (Phi) is 2.70. The summed E-state index contributed by atoms with van der Waals surface area (Å²) in [7, 11) is 0. The van der Waals surface area contributed by atoms with Gasteiger partial charge in [0.15, 0.2) is 0 Å². The number of hydrogen-bond acceptors (Lipinski definition) is 2. The first-order valence-corrected chi connectivity index (χ1v) is 6.15. The number of nitrogens with zero attached hydrogens (tertiary/aromatic N) is 1. The van der Waals surface area contributed by atoms with Gasteiger partial charge < -0.3 is 15.5 Å². The van der Waals surface area contributed by atoms with Gasteiger partial charge in [0.05, 0.1) is 0 Å². The minimum Gasteiger partial charge on any atom is -0.334 e. The van der Waals surface area contributed by atoms with Gasteiger partial charge in [0.2, 0.25) is 0 Å². The van der Waals surface area contributed by atoms with E-state index in [4.69, 9.17) is 0 Å². The average molecular weight is 249 g/mol. The second-order valence-electron chi connectivity index (χ2n) is 5.24. The predicted molar refractivity (Wildman–Crippen MR) is 65.5 cm³/mol. The van der Waals surface area contributed by atoms with Crippen LogP contribution in [0.1, 0.15) is 5.56 Å². The van der Waals surface area contributed by atoms with Crippen molar-refractivity contribution in [2.45, 2.75) is 6.54 Å². The lowest BCUT2D eigenvalue weighted by atomic mass is 9.75. The van der Waals surface area contributed by atoms with Crippen LogP contribution >= 0.6 is 0 Å². The largest absolute Gasteiger partial charge is 0.334 e. The van der Waals surface area contributed by atoms with Crippen LogP contribution in [-0.2, 0) is 6.54 Å². The monoisotopic (exact) mass is 249 g/mol. The van der Waals surface area contributed by atoms with Crippen LogP contribution in [0.3, 0.4) is 0 Å². The van der Waals surface area contributed by atoms with Crippen molar-refractivity contribution in [3.8, 4) is 0 Å². The van der Waals surface area contributed by atoms with E-state index in [1.165, 1.54) is 12.1 Å². The molecule has 2 aliphatic rings. The molecule has 0 bridgehead atoms. The zero-order chi connectivity index (χ0) is 12.6. The first-order chi connectivity index (χ1) is 8.67. The summed E-state index contributed by atoms with van der Waals surface area (Å²) in [4.78, 5) is 13.6. The molecule has 18 heavy (non-hydrogen) atoms. The molecule has 2 N–H and O–H groups in total. The highest BCUT2D eigenvalue weighted by molar-refractivity contribution is 5.75. The molecule has 3 rings (SSSR count). The van der Waals surface area contributed by atoms with Crippen LogP contribution in [0.2, 0.25) is 0 Å². The third-order valence-electron chi connectivity index (χ3n) is 3.70. The van der Waals surface area contributed by atoms with Crippen LogP contribution in [-0.4, -0.2) is 37.1 Å². The molecule has 2 heterocycles. The number of rotatable bonds is 2. The lowest BCUT2D eigenvalue weighted by Crippen LogP contribution is -2.72. The quantitative estimate of drug-likeness (QED) is 0.819. The molecular weight excluding hydrogens is 233 g/mol. The highest BCUT2D eigenvalue weighted by Crippen LogP contribution is 2.33. The van der Waals surface area contributed by atoms with Crippen molar-refractivity contribution in [3.63, 3.8) is 0 Å². The maximum atomic E-state index is 12.7. The molecule has 2 aliphatic heterocycles. The van der Waals surface area contributed by atoms with Crippen molar-refractivity contribution in [2.75, 3.05) is 26.2 Å². The summed E-state index contributed by atoms with van der Waals surface area (Å²) in [6.45, 7) is 4.18. The molecule has 2 amide bonds. The summed E-state index contributed by atoms with van der Waals surface area (Å²) in [5.74, 6) is -0.257. The number of benzene rings is 1. The molecule has 1 aromatic carbocycles. The van der Waals surface area contributed by atoms with Gasteiger partial charge in [-0.2, -0.15) is 0 Å². The summed E-state index contributed by atoms with van der Waals surface area (Å²) in [5.41, 5.74) is 1.26. The van der Waals surface area contributed by atoms with Gasteiger partial charge in [-0.25, -0.2) is 9.18 Å². The molecule has 4 nitrogen and oxygen atoms in total. The summed E-state index contributed by atoms with van der Waals surface area (Å²) in [5, 5.41) is 6.08. The number of halogens is 1. The molecule has 2 fully saturated rings. The molecule has 2 saturated heterocycles. The Bertz CT molecular complexity index is 448. The second-order valence-corrected chi connectivity index (χ2v) is 5.24. The summed E-state index contributed by atoms with van der Waals surface area (Å²) in [6.07, 6.45) is 0. The van der Waals surface area contributed by atoms with Gasteiger partial charge in [0.25, 0.3) is 0 Å². The van der Waals surface area contributed by atoms with Gasteiger partial charge in [-0.1, -0.05) is 12.1 Å². The van der Waals surface area contributed by atoms with E-state index in [1.54, 1.807) is 12.1 Å². The highest BCUT2D eigenvalue weighted by atomic mass is 19.1. The summed E-state index contributed by atoms with van der Waals surface area (Å²) < 4.78 is 12.7. The Balaban J connectivity index is 1.46. The third-order valence-corrected chi connectivity index (χ3v) is 3.70. The zero-order valence-electron chi connectivity index (χ0n) is 10.1. The van der Waals surface area contributed by atoms with E-state index in [0.717, 1.165) is 31.7 Å². The number of carbonyl (C=O) groups is 1. The van der Waals surface area contributed by atoms with Crippen LogP contribution in [0.15, 0.2) is 24.3 Å². The van der Waals surface area contributed by atoms with Crippen LogP contribution in [0, 0.1) is 11.2 Å². The molecule has 1 aromatic rings. The third kappa shape index (κ3) is 2.06. The van der Waals surface area contributed by atoms with E-state index < -0.39 is 0 Å². The van der Waals surface area contributed by atoms with Crippen molar-refractivity contribution in [2.24, 2.45) is 5.41 Å². The van der Waals surface area contributed by atoms with Gasteiger partial charge in [-0.05, 0) is 17.7 Å². The number of carbonyl (C=O) groups excluding carboxylic acids is 1. The molecule has 0 atom stereocenters. The smallest absolute Gasteiger partial charge is 0.317 e.